The molecule has 1 aliphatic rings. The van der Waals surface area contributed by atoms with Gasteiger partial charge in [0.15, 0.2) is 5.69 Å². The van der Waals surface area contributed by atoms with Crippen LogP contribution >= 0.6 is 23.2 Å². The molecule has 0 saturated carbocycles. The smallest absolute Gasteiger partial charge is 0.279 e. The number of amides is 1. The second-order valence-electron chi connectivity index (χ2n) is 8.60. The molecular weight excluding hydrogens is 489 g/mol. The number of aromatic hydroxyl groups is 1. The lowest BCUT2D eigenvalue weighted by atomic mass is 10.0. The van der Waals surface area contributed by atoms with Crippen molar-refractivity contribution in [3.8, 4) is 17.3 Å². The van der Waals surface area contributed by atoms with Gasteiger partial charge in [-0.15, -0.1) is 0 Å². The standard InChI is InChI=1S/C25H21Cl2N5O3/c1-13(2)31-21-19(29-22(31)17-5-4-10-28-23(17)33)25(35)32(16-11-18(27)24(34)30(3)12-16)20(21)14-6-8-15(26)9-7-14/h4-13,20H,1-3H3,(H,28,33). The topological polar surface area (TPSA) is 93.2 Å². The average Bonchev–Trinajstić information content (AvgIpc) is 3.33. The molecule has 178 valence electrons. The molecule has 1 atom stereocenters. The highest BCUT2D eigenvalue weighted by Crippen LogP contribution is 2.45. The van der Waals surface area contributed by atoms with E-state index in [0.717, 1.165) is 5.56 Å². The largest absolute Gasteiger partial charge is 0.493 e. The zero-order valence-electron chi connectivity index (χ0n) is 19.1. The van der Waals surface area contributed by atoms with Gasteiger partial charge in [0.2, 0.25) is 5.88 Å². The van der Waals surface area contributed by atoms with Crippen LogP contribution in [-0.2, 0) is 7.05 Å². The van der Waals surface area contributed by atoms with Crippen molar-refractivity contribution >= 4 is 34.8 Å². The Kier molecular flexibility index (Phi) is 5.65. The first-order valence-electron chi connectivity index (χ1n) is 10.9. The molecule has 4 aromatic rings. The third kappa shape index (κ3) is 3.69. The number of benzene rings is 1. The first kappa shape index (κ1) is 23.1. The van der Waals surface area contributed by atoms with Crippen molar-refractivity contribution in [3.05, 3.63) is 92.2 Å². The summed E-state index contributed by atoms with van der Waals surface area (Å²) in [5.74, 6) is -0.0741. The van der Waals surface area contributed by atoms with E-state index in [4.69, 9.17) is 28.2 Å². The van der Waals surface area contributed by atoms with Crippen molar-refractivity contribution in [3.63, 3.8) is 0 Å². The van der Waals surface area contributed by atoms with Crippen LogP contribution in [0.25, 0.3) is 11.4 Å². The summed E-state index contributed by atoms with van der Waals surface area (Å²) in [7, 11) is 1.58. The number of aryl methyl sites for hydroxylation is 1. The third-order valence-corrected chi connectivity index (χ3v) is 6.54. The van der Waals surface area contributed by atoms with Crippen LogP contribution in [0, 0.1) is 0 Å². The van der Waals surface area contributed by atoms with Gasteiger partial charge in [0.25, 0.3) is 11.5 Å². The number of anilines is 1. The molecule has 0 aliphatic carbocycles. The number of pyridine rings is 2. The van der Waals surface area contributed by atoms with Crippen molar-refractivity contribution in [2.24, 2.45) is 7.05 Å². The Hall–Kier alpha value is -3.62. The van der Waals surface area contributed by atoms with Crippen LogP contribution < -0.4 is 10.5 Å². The average molecular weight is 510 g/mol. The number of fused-ring (bicyclic) bond motifs is 1. The molecule has 0 saturated heterocycles. The Morgan fingerprint density at radius 1 is 1.09 bits per heavy atom. The second-order valence-corrected chi connectivity index (χ2v) is 9.44. The number of rotatable bonds is 4. The summed E-state index contributed by atoms with van der Waals surface area (Å²) < 4.78 is 3.28. The maximum absolute atomic E-state index is 13.9. The van der Waals surface area contributed by atoms with Crippen molar-refractivity contribution in [2.75, 3.05) is 4.90 Å². The number of hydrogen-bond acceptors (Lipinski definition) is 5. The van der Waals surface area contributed by atoms with E-state index in [0.29, 0.717) is 27.8 Å². The SMILES string of the molecule is CC(C)n1c(-c2cccnc2O)nc2c1C(c1ccc(Cl)cc1)N(c1cc(Cl)c(=O)n(C)c1)C2=O. The summed E-state index contributed by atoms with van der Waals surface area (Å²) in [6, 6.07) is 11.4. The molecule has 1 unspecified atom stereocenters. The van der Waals surface area contributed by atoms with Gasteiger partial charge >= 0.3 is 0 Å². The summed E-state index contributed by atoms with van der Waals surface area (Å²) >= 11 is 12.4. The molecule has 1 aromatic carbocycles. The summed E-state index contributed by atoms with van der Waals surface area (Å²) in [5.41, 5.74) is 2.24. The molecule has 4 heterocycles. The predicted molar refractivity (Wildman–Crippen MR) is 134 cm³/mol. The van der Waals surface area contributed by atoms with Crippen molar-refractivity contribution < 1.29 is 9.90 Å². The quantitative estimate of drug-likeness (QED) is 0.418. The van der Waals surface area contributed by atoms with Gasteiger partial charge in [-0.3, -0.25) is 14.5 Å². The fourth-order valence-corrected chi connectivity index (χ4v) is 4.88. The molecule has 35 heavy (non-hydrogen) atoms. The van der Waals surface area contributed by atoms with Gasteiger partial charge in [0.1, 0.15) is 16.9 Å². The fraction of sp³-hybridized carbons (Fsp3) is 0.200. The molecule has 0 fully saturated rings. The molecule has 10 heteroatoms. The highest BCUT2D eigenvalue weighted by atomic mass is 35.5. The van der Waals surface area contributed by atoms with Gasteiger partial charge in [-0.1, -0.05) is 35.3 Å². The van der Waals surface area contributed by atoms with Crippen molar-refractivity contribution in [1.29, 1.82) is 0 Å². The van der Waals surface area contributed by atoms with Gasteiger partial charge in [0.05, 0.1) is 16.9 Å². The van der Waals surface area contributed by atoms with Crippen LogP contribution in [-0.4, -0.2) is 30.1 Å². The van der Waals surface area contributed by atoms with Crippen LogP contribution in [0.2, 0.25) is 10.0 Å². The minimum atomic E-state index is -0.578. The first-order valence-corrected chi connectivity index (χ1v) is 11.7. The van der Waals surface area contributed by atoms with E-state index in [1.807, 2.05) is 30.5 Å². The third-order valence-electron chi connectivity index (χ3n) is 6.02. The maximum Gasteiger partial charge on any atom is 0.279 e. The summed E-state index contributed by atoms with van der Waals surface area (Å²) in [6.07, 6.45) is 3.07. The molecule has 1 aliphatic heterocycles. The second kappa shape index (κ2) is 8.55. The molecule has 1 amide bonds. The monoisotopic (exact) mass is 509 g/mol. The summed E-state index contributed by atoms with van der Waals surface area (Å²) in [5, 5.41) is 11.0. The lowest BCUT2D eigenvalue weighted by molar-refractivity contribution is 0.0989. The molecule has 0 spiro atoms. The molecule has 3 aromatic heterocycles. The Bertz CT molecular complexity index is 1500. The molecular formula is C25H21Cl2N5O3. The highest BCUT2D eigenvalue weighted by Gasteiger charge is 2.45. The number of aromatic nitrogens is 4. The summed E-state index contributed by atoms with van der Waals surface area (Å²) in [4.78, 5) is 36.4. The van der Waals surface area contributed by atoms with E-state index < -0.39 is 6.04 Å². The summed E-state index contributed by atoms with van der Waals surface area (Å²) in [6.45, 7) is 3.96. The predicted octanol–water partition coefficient (Wildman–Crippen LogP) is 4.99. The van der Waals surface area contributed by atoms with Crippen LogP contribution in [0.15, 0.2) is 59.7 Å². The van der Waals surface area contributed by atoms with Gasteiger partial charge < -0.3 is 14.2 Å². The lowest BCUT2D eigenvalue weighted by Gasteiger charge is -2.28. The van der Waals surface area contributed by atoms with Crippen LogP contribution in [0.3, 0.4) is 0 Å². The fourth-order valence-electron chi connectivity index (χ4n) is 4.51. The van der Waals surface area contributed by atoms with Crippen molar-refractivity contribution in [2.45, 2.75) is 25.9 Å². The minimum absolute atomic E-state index is 0.00454. The zero-order valence-corrected chi connectivity index (χ0v) is 20.6. The number of hydrogen-bond donors (Lipinski definition) is 1. The Morgan fingerprint density at radius 2 is 1.80 bits per heavy atom. The van der Waals surface area contributed by atoms with Crippen LogP contribution in [0.5, 0.6) is 5.88 Å². The molecule has 8 nitrogen and oxygen atoms in total. The van der Waals surface area contributed by atoms with E-state index in [9.17, 15) is 14.7 Å². The lowest BCUT2D eigenvalue weighted by Crippen LogP contribution is -2.32. The zero-order chi connectivity index (χ0) is 25.0. The van der Waals surface area contributed by atoms with E-state index in [-0.39, 0.29) is 34.1 Å². The number of halogens is 2. The number of carbonyl (C=O) groups is 1. The number of imidazole rings is 1. The Labute approximate surface area is 211 Å². The van der Waals surface area contributed by atoms with E-state index >= 15 is 0 Å². The minimum Gasteiger partial charge on any atom is -0.493 e. The van der Waals surface area contributed by atoms with Gasteiger partial charge in [-0.25, -0.2) is 9.97 Å². The number of carbonyl (C=O) groups excluding carboxylic acids is 1. The maximum atomic E-state index is 13.9. The van der Waals surface area contributed by atoms with E-state index in [1.165, 1.54) is 16.8 Å². The van der Waals surface area contributed by atoms with Gasteiger partial charge in [-0.05, 0) is 49.7 Å². The van der Waals surface area contributed by atoms with E-state index in [2.05, 4.69) is 4.98 Å². The van der Waals surface area contributed by atoms with E-state index in [1.54, 1.807) is 42.4 Å². The molecule has 0 bridgehead atoms. The Balaban J connectivity index is 1.80. The van der Waals surface area contributed by atoms with Crippen molar-refractivity contribution in [1.82, 2.24) is 19.1 Å². The highest BCUT2D eigenvalue weighted by molar-refractivity contribution is 6.31. The van der Waals surface area contributed by atoms with Gasteiger partial charge in [0, 0.05) is 30.5 Å². The molecule has 5 rings (SSSR count). The van der Waals surface area contributed by atoms with Crippen LogP contribution in [0.1, 0.15) is 47.7 Å². The number of nitrogens with zero attached hydrogens (tertiary/aromatic N) is 5. The van der Waals surface area contributed by atoms with Crippen LogP contribution in [0.4, 0.5) is 5.69 Å². The molecule has 0 radical (unpaired) electrons. The normalized spacial score (nSPS) is 15.2. The first-order chi connectivity index (χ1) is 16.7. The molecule has 1 N–H and O–H groups in total. The Morgan fingerprint density at radius 3 is 2.43 bits per heavy atom. The van der Waals surface area contributed by atoms with Gasteiger partial charge in [-0.2, -0.15) is 0 Å².